The molecule has 0 saturated heterocycles. The summed E-state index contributed by atoms with van der Waals surface area (Å²) in [5.41, 5.74) is 1.98. The van der Waals surface area contributed by atoms with Crippen molar-refractivity contribution >= 4 is 27.5 Å². The summed E-state index contributed by atoms with van der Waals surface area (Å²) in [7, 11) is 0. The molecule has 0 bridgehead atoms. The van der Waals surface area contributed by atoms with Gasteiger partial charge in [0.05, 0.1) is 0 Å². The Morgan fingerprint density at radius 3 is 2.77 bits per heavy atom. The molecule has 0 aliphatic carbocycles. The van der Waals surface area contributed by atoms with Crippen LogP contribution >= 0.6 is 27.5 Å². The zero-order chi connectivity index (χ0) is 15.5. The molecule has 0 aliphatic heterocycles. The molecule has 1 aromatic heterocycles. The Balaban J connectivity index is 1.83. The van der Waals surface area contributed by atoms with Crippen LogP contribution in [-0.2, 0) is 13.0 Å². The Hall–Kier alpha value is -1.65. The Bertz CT molecular complexity index is 781. The SMILES string of the molecule is Fc1cccc(Cn2ccnc2Cc2cc(Cl)cc(Br)c2)c1. The standard InChI is InChI=1S/C17H13BrClFN2/c18-14-6-13(7-15(19)10-14)9-17-21-4-5-22(17)11-12-2-1-3-16(20)8-12/h1-8,10H,9,11H2. The zero-order valence-corrected chi connectivity index (χ0v) is 14.0. The van der Waals surface area contributed by atoms with Crippen molar-refractivity contribution in [2.45, 2.75) is 13.0 Å². The summed E-state index contributed by atoms with van der Waals surface area (Å²) < 4.78 is 16.2. The van der Waals surface area contributed by atoms with Crippen molar-refractivity contribution in [2.75, 3.05) is 0 Å². The smallest absolute Gasteiger partial charge is 0.123 e. The van der Waals surface area contributed by atoms with Crippen LogP contribution < -0.4 is 0 Å². The Kier molecular flexibility index (Phi) is 4.60. The number of hydrogen-bond acceptors (Lipinski definition) is 1. The lowest BCUT2D eigenvalue weighted by Gasteiger charge is -2.09. The topological polar surface area (TPSA) is 17.8 Å². The van der Waals surface area contributed by atoms with E-state index in [-0.39, 0.29) is 5.82 Å². The van der Waals surface area contributed by atoms with Gasteiger partial charge in [-0.25, -0.2) is 9.37 Å². The number of hydrogen-bond donors (Lipinski definition) is 0. The molecule has 5 heteroatoms. The summed E-state index contributed by atoms with van der Waals surface area (Å²) in [5.74, 6) is 0.691. The van der Waals surface area contributed by atoms with Gasteiger partial charge in [-0.1, -0.05) is 39.7 Å². The molecule has 0 saturated carbocycles. The van der Waals surface area contributed by atoms with Gasteiger partial charge in [-0.05, 0) is 41.5 Å². The lowest BCUT2D eigenvalue weighted by molar-refractivity contribution is 0.622. The van der Waals surface area contributed by atoms with Crippen LogP contribution in [0.4, 0.5) is 4.39 Å². The molecule has 1 heterocycles. The van der Waals surface area contributed by atoms with Gasteiger partial charge in [-0.2, -0.15) is 0 Å². The normalized spacial score (nSPS) is 10.9. The predicted molar refractivity (Wildman–Crippen MR) is 89.7 cm³/mol. The summed E-state index contributed by atoms with van der Waals surface area (Å²) >= 11 is 9.52. The summed E-state index contributed by atoms with van der Waals surface area (Å²) in [6.07, 6.45) is 4.33. The fourth-order valence-electron chi connectivity index (χ4n) is 2.38. The quantitative estimate of drug-likeness (QED) is 0.618. The number of aromatic nitrogens is 2. The molecule has 0 spiro atoms. The van der Waals surface area contributed by atoms with Crippen molar-refractivity contribution in [1.82, 2.24) is 9.55 Å². The van der Waals surface area contributed by atoms with Crippen LogP contribution in [0.2, 0.25) is 5.02 Å². The van der Waals surface area contributed by atoms with Gasteiger partial charge in [-0.3, -0.25) is 0 Å². The molecule has 0 fully saturated rings. The monoisotopic (exact) mass is 378 g/mol. The fourth-order valence-corrected chi connectivity index (χ4v) is 3.31. The third-order valence-electron chi connectivity index (χ3n) is 3.33. The van der Waals surface area contributed by atoms with Crippen molar-refractivity contribution in [3.8, 4) is 0 Å². The third-order valence-corrected chi connectivity index (χ3v) is 4.00. The van der Waals surface area contributed by atoms with E-state index in [1.54, 1.807) is 18.3 Å². The lowest BCUT2D eigenvalue weighted by Crippen LogP contribution is -2.05. The molecule has 3 rings (SSSR count). The largest absolute Gasteiger partial charge is 0.330 e. The molecular weight excluding hydrogens is 367 g/mol. The van der Waals surface area contributed by atoms with Crippen molar-refractivity contribution in [1.29, 1.82) is 0 Å². The highest BCUT2D eigenvalue weighted by atomic mass is 79.9. The predicted octanol–water partition coefficient (Wildman–Crippen LogP) is 5.08. The van der Waals surface area contributed by atoms with Gasteiger partial charge in [-0.15, -0.1) is 0 Å². The molecule has 0 unspecified atom stereocenters. The average Bonchev–Trinajstić information content (AvgIpc) is 2.85. The van der Waals surface area contributed by atoms with E-state index >= 15 is 0 Å². The maximum atomic E-state index is 13.3. The second-order valence-corrected chi connectivity index (χ2v) is 6.41. The maximum absolute atomic E-state index is 13.3. The Morgan fingerprint density at radius 2 is 2.00 bits per heavy atom. The summed E-state index contributed by atoms with van der Waals surface area (Å²) in [5, 5.41) is 0.688. The Morgan fingerprint density at radius 1 is 1.14 bits per heavy atom. The van der Waals surface area contributed by atoms with E-state index in [0.717, 1.165) is 21.4 Å². The molecular formula is C17H13BrClFN2. The fraction of sp³-hybridized carbons (Fsp3) is 0.118. The molecule has 112 valence electrons. The number of rotatable bonds is 4. The summed E-state index contributed by atoms with van der Waals surface area (Å²) in [6, 6.07) is 12.4. The molecule has 22 heavy (non-hydrogen) atoms. The van der Waals surface area contributed by atoms with Gasteiger partial charge < -0.3 is 4.57 Å². The van der Waals surface area contributed by atoms with Crippen LogP contribution in [0.5, 0.6) is 0 Å². The van der Waals surface area contributed by atoms with Gasteiger partial charge in [0.1, 0.15) is 11.6 Å². The van der Waals surface area contributed by atoms with Crippen LogP contribution in [0.1, 0.15) is 17.0 Å². The van der Waals surface area contributed by atoms with Gasteiger partial charge >= 0.3 is 0 Å². The molecule has 0 atom stereocenters. The average molecular weight is 380 g/mol. The summed E-state index contributed by atoms with van der Waals surface area (Å²) in [6.45, 7) is 0.592. The van der Waals surface area contributed by atoms with Crippen molar-refractivity contribution in [3.05, 3.63) is 87.1 Å². The lowest BCUT2D eigenvalue weighted by atomic mass is 10.1. The molecule has 0 aliphatic rings. The van der Waals surface area contributed by atoms with Crippen molar-refractivity contribution in [3.63, 3.8) is 0 Å². The second-order valence-electron chi connectivity index (χ2n) is 5.06. The number of imidazole rings is 1. The van der Waals surface area contributed by atoms with Crippen molar-refractivity contribution < 1.29 is 4.39 Å². The van der Waals surface area contributed by atoms with E-state index < -0.39 is 0 Å². The zero-order valence-electron chi connectivity index (χ0n) is 11.6. The van der Waals surface area contributed by atoms with Gasteiger partial charge in [0, 0.05) is 34.9 Å². The molecule has 3 aromatic rings. The van der Waals surface area contributed by atoms with E-state index in [2.05, 4.69) is 20.9 Å². The van der Waals surface area contributed by atoms with E-state index in [9.17, 15) is 4.39 Å². The van der Waals surface area contributed by atoms with Crippen LogP contribution in [0, 0.1) is 5.82 Å². The second kappa shape index (κ2) is 6.63. The molecule has 2 nitrogen and oxygen atoms in total. The first-order chi connectivity index (χ1) is 10.6. The highest BCUT2D eigenvalue weighted by molar-refractivity contribution is 9.10. The maximum Gasteiger partial charge on any atom is 0.123 e. The molecule has 2 aromatic carbocycles. The van der Waals surface area contributed by atoms with E-state index in [4.69, 9.17) is 11.6 Å². The first-order valence-electron chi connectivity index (χ1n) is 6.79. The molecule has 0 amide bonds. The van der Waals surface area contributed by atoms with Gasteiger partial charge in [0.2, 0.25) is 0 Å². The first-order valence-corrected chi connectivity index (χ1v) is 7.97. The molecule has 0 N–H and O–H groups in total. The van der Waals surface area contributed by atoms with E-state index in [0.29, 0.717) is 18.0 Å². The van der Waals surface area contributed by atoms with Crippen molar-refractivity contribution in [2.24, 2.45) is 0 Å². The van der Waals surface area contributed by atoms with Gasteiger partial charge in [0.15, 0.2) is 0 Å². The Labute approximate surface area is 141 Å². The number of halogens is 3. The van der Waals surface area contributed by atoms with E-state index in [1.165, 1.54) is 6.07 Å². The minimum absolute atomic E-state index is 0.224. The van der Waals surface area contributed by atoms with Crippen LogP contribution in [0.3, 0.4) is 0 Å². The minimum atomic E-state index is -0.224. The number of nitrogens with zero attached hydrogens (tertiary/aromatic N) is 2. The number of benzene rings is 2. The minimum Gasteiger partial charge on any atom is -0.330 e. The highest BCUT2D eigenvalue weighted by Crippen LogP contribution is 2.21. The highest BCUT2D eigenvalue weighted by Gasteiger charge is 2.07. The third kappa shape index (κ3) is 3.76. The first kappa shape index (κ1) is 15.3. The van der Waals surface area contributed by atoms with Gasteiger partial charge in [0.25, 0.3) is 0 Å². The van der Waals surface area contributed by atoms with E-state index in [1.807, 2.05) is 35.0 Å². The molecule has 0 radical (unpaired) electrons. The van der Waals surface area contributed by atoms with Crippen LogP contribution in [0.25, 0.3) is 0 Å². The van der Waals surface area contributed by atoms with Crippen LogP contribution in [-0.4, -0.2) is 9.55 Å². The van der Waals surface area contributed by atoms with Crippen LogP contribution in [0.15, 0.2) is 59.3 Å². The summed E-state index contributed by atoms with van der Waals surface area (Å²) in [4.78, 5) is 4.40.